The van der Waals surface area contributed by atoms with Crippen LogP contribution in [0.3, 0.4) is 0 Å². The van der Waals surface area contributed by atoms with Crippen LogP contribution < -0.4 is 14.8 Å². The highest BCUT2D eigenvalue weighted by Crippen LogP contribution is 2.47. The molecule has 5 rings (SSSR count). The van der Waals surface area contributed by atoms with Crippen LogP contribution in [0.15, 0.2) is 23.1 Å². The molecule has 3 saturated heterocycles. The summed E-state index contributed by atoms with van der Waals surface area (Å²) in [5.74, 6) is 1.14. The van der Waals surface area contributed by atoms with E-state index in [9.17, 15) is 19.2 Å². The van der Waals surface area contributed by atoms with Gasteiger partial charge in [0.2, 0.25) is 18.6 Å². The molecular weight excluding hydrogens is 454 g/mol. The quantitative estimate of drug-likeness (QED) is 0.645. The lowest BCUT2D eigenvalue weighted by molar-refractivity contribution is -0.137. The number of thioether (sulfide) groups is 2. The number of carbonyl (C=O) groups is 4. The number of nitrogens with zero attached hydrogens (tertiary/aromatic N) is 2. The Morgan fingerprint density at radius 2 is 2.09 bits per heavy atom. The molecule has 32 heavy (non-hydrogen) atoms. The fourth-order valence-corrected chi connectivity index (χ4v) is 6.57. The summed E-state index contributed by atoms with van der Waals surface area (Å²) in [5, 5.41) is 2.40. The summed E-state index contributed by atoms with van der Waals surface area (Å²) in [6.07, 6.45) is 2.84. The molecule has 4 heterocycles. The average molecular weight is 476 g/mol. The van der Waals surface area contributed by atoms with Crippen molar-refractivity contribution in [3.05, 3.63) is 28.7 Å². The zero-order valence-corrected chi connectivity index (χ0v) is 18.9. The minimum absolute atomic E-state index is 0.00255. The fraction of sp³-hybridized carbons (Fsp3) is 0.429. The van der Waals surface area contributed by atoms with Crippen molar-refractivity contribution in [3.8, 4) is 11.5 Å². The van der Waals surface area contributed by atoms with Gasteiger partial charge in [0.1, 0.15) is 6.04 Å². The van der Waals surface area contributed by atoms with Gasteiger partial charge in [0.15, 0.2) is 11.5 Å². The summed E-state index contributed by atoms with van der Waals surface area (Å²) in [4.78, 5) is 52.7. The summed E-state index contributed by atoms with van der Waals surface area (Å²) in [6, 6.07) is 4.78. The van der Waals surface area contributed by atoms with Crippen LogP contribution in [0, 0.1) is 0 Å². The van der Waals surface area contributed by atoms with E-state index in [1.165, 1.54) is 0 Å². The molecule has 4 aliphatic heterocycles. The third kappa shape index (κ3) is 3.62. The summed E-state index contributed by atoms with van der Waals surface area (Å²) < 4.78 is 10.6. The van der Waals surface area contributed by atoms with Crippen molar-refractivity contribution in [2.24, 2.45) is 0 Å². The number of fused-ring (bicyclic) bond motifs is 2. The summed E-state index contributed by atoms with van der Waals surface area (Å²) in [6.45, 7) is 2.35. The van der Waals surface area contributed by atoms with E-state index in [1.807, 2.05) is 6.92 Å². The second-order valence-corrected chi connectivity index (χ2v) is 10.5. The van der Waals surface area contributed by atoms with Crippen molar-refractivity contribution in [1.29, 1.82) is 0 Å². The Morgan fingerprint density at radius 1 is 1.28 bits per heavy atom. The molecule has 0 bridgehead atoms. The van der Waals surface area contributed by atoms with Crippen molar-refractivity contribution < 1.29 is 28.7 Å². The SMILES string of the molecule is CC12CCC(=O)N1C(C(=O)NCCN1C(=O)S/C(=C/c3ccc4c(c3)OCO4)C1=O)CS2. The molecule has 0 aromatic heterocycles. The first-order chi connectivity index (χ1) is 15.4. The largest absolute Gasteiger partial charge is 0.454 e. The molecule has 168 valence electrons. The van der Waals surface area contributed by atoms with Gasteiger partial charge in [-0.2, -0.15) is 0 Å². The smallest absolute Gasteiger partial charge is 0.293 e. The lowest BCUT2D eigenvalue weighted by atomic mass is 10.2. The van der Waals surface area contributed by atoms with Gasteiger partial charge in [-0.3, -0.25) is 24.1 Å². The van der Waals surface area contributed by atoms with Crippen molar-refractivity contribution in [2.75, 3.05) is 25.6 Å². The zero-order valence-electron chi connectivity index (χ0n) is 17.3. The van der Waals surface area contributed by atoms with Gasteiger partial charge in [0.05, 0.1) is 9.78 Å². The summed E-state index contributed by atoms with van der Waals surface area (Å²) in [7, 11) is 0. The maximum absolute atomic E-state index is 12.7. The van der Waals surface area contributed by atoms with Crippen LogP contribution in [0.25, 0.3) is 6.08 Å². The van der Waals surface area contributed by atoms with E-state index in [2.05, 4.69) is 5.32 Å². The number of ether oxygens (including phenoxy) is 2. The van der Waals surface area contributed by atoms with E-state index in [-0.39, 0.29) is 41.8 Å². The van der Waals surface area contributed by atoms with E-state index in [1.54, 1.807) is 40.9 Å². The second kappa shape index (κ2) is 8.04. The van der Waals surface area contributed by atoms with Crippen LogP contribution in [0.2, 0.25) is 0 Å². The first kappa shape index (κ1) is 21.2. The Hall–Kier alpha value is -2.66. The van der Waals surface area contributed by atoms with Crippen molar-refractivity contribution in [2.45, 2.75) is 30.7 Å². The molecule has 9 nitrogen and oxygen atoms in total. The minimum Gasteiger partial charge on any atom is -0.454 e. The zero-order chi connectivity index (χ0) is 22.5. The maximum atomic E-state index is 12.7. The van der Waals surface area contributed by atoms with E-state index < -0.39 is 11.9 Å². The molecule has 1 aromatic rings. The normalized spacial score (nSPS) is 27.6. The second-order valence-electron chi connectivity index (χ2n) is 8.00. The summed E-state index contributed by atoms with van der Waals surface area (Å²) in [5.41, 5.74) is 0.727. The lowest BCUT2D eigenvalue weighted by Gasteiger charge is -2.29. The molecule has 0 spiro atoms. The Morgan fingerprint density at radius 3 is 2.94 bits per heavy atom. The summed E-state index contributed by atoms with van der Waals surface area (Å²) >= 11 is 2.49. The fourth-order valence-electron chi connectivity index (χ4n) is 4.27. The van der Waals surface area contributed by atoms with Gasteiger partial charge < -0.3 is 19.7 Å². The number of hydrogen-bond donors (Lipinski definition) is 1. The van der Waals surface area contributed by atoms with Crippen LogP contribution >= 0.6 is 23.5 Å². The van der Waals surface area contributed by atoms with Crippen LogP contribution in [-0.4, -0.2) is 69.3 Å². The Labute approximate surface area is 192 Å². The predicted molar refractivity (Wildman–Crippen MR) is 119 cm³/mol. The number of benzene rings is 1. The molecule has 1 N–H and O–H groups in total. The number of amides is 4. The minimum atomic E-state index is -0.513. The third-order valence-corrected chi connectivity index (χ3v) is 8.36. The van der Waals surface area contributed by atoms with Crippen molar-refractivity contribution in [3.63, 3.8) is 0 Å². The lowest BCUT2D eigenvalue weighted by Crippen LogP contribution is -2.51. The van der Waals surface area contributed by atoms with E-state index in [4.69, 9.17) is 9.47 Å². The van der Waals surface area contributed by atoms with Crippen LogP contribution in [-0.2, 0) is 14.4 Å². The molecule has 3 fully saturated rings. The standard InChI is InChI=1S/C21H21N3O6S2/c1-21-5-4-17(25)24(21)13(10-31-21)18(26)22-6-7-23-19(27)16(32-20(23)28)9-12-2-3-14-15(8-12)30-11-29-14/h2-3,8-9,13H,4-7,10-11H2,1H3,(H,22,26)/b16-9+. The van der Waals surface area contributed by atoms with Crippen LogP contribution in [0.4, 0.5) is 4.79 Å². The molecular formula is C21H21N3O6S2. The molecule has 11 heteroatoms. The van der Waals surface area contributed by atoms with Gasteiger partial charge in [0.25, 0.3) is 11.1 Å². The first-order valence-corrected chi connectivity index (χ1v) is 12.0. The van der Waals surface area contributed by atoms with Gasteiger partial charge in [-0.15, -0.1) is 11.8 Å². The molecule has 0 saturated carbocycles. The Balaban J connectivity index is 1.18. The van der Waals surface area contributed by atoms with E-state index >= 15 is 0 Å². The Kier molecular flexibility index (Phi) is 5.32. The number of carbonyl (C=O) groups excluding carboxylic acids is 4. The van der Waals surface area contributed by atoms with Gasteiger partial charge in [-0.25, -0.2) is 0 Å². The van der Waals surface area contributed by atoms with E-state index in [0.717, 1.165) is 28.6 Å². The molecule has 4 aliphatic rings. The van der Waals surface area contributed by atoms with E-state index in [0.29, 0.717) is 28.6 Å². The number of hydrogen-bond acceptors (Lipinski definition) is 8. The molecule has 0 aliphatic carbocycles. The maximum Gasteiger partial charge on any atom is 0.293 e. The van der Waals surface area contributed by atoms with Crippen LogP contribution in [0.1, 0.15) is 25.3 Å². The topological polar surface area (TPSA) is 105 Å². The van der Waals surface area contributed by atoms with Gasteiger partial charge >= 0.3 is 0 Å². The first-order valence-electron chi connectivity index (χ1n) is 10.2. The third-order valence-electron chi connectivity index (χ3n) is 5.95. The monoisotopic (exact) mass is 475 g/mol. The van der Waals surface area contributed by atoms with Gasteiger partial charge in [-0.05, 0) is 48.9 Å². The molecule has 2 unspecified atom stereocenters. The molecule has 4 amide bonds. The molecule has 0 radical (unpaired) electrons. The highest BCUT2D eigenvalue weighted by molar-refractivity contribution is 8.18. The number of rotatable bonds is 5. The molecule has 1 aromatic carbocycles. The average Bonchev–Trinajstić information content (AvgIpc) is 3.49. The van der Waals surface area contributed by atoms with Crippen molar-refractivity contribution in [1.82, 2.24) is 15.1 Å². The Bertz CT molecular complexity index is 1060. The highest BCUT2D eigenvalue weighted by Gasteiger charge is 2.52. The van der Waals surface area contributed by atoms with Crippen LogP contribution in [0.5, 0.6) is 11.5 Å². The van der Waals surface area contributed by atoms with Gasteiger partial charge in [-0.1, -0.05) is 6.07 Å². The molecule has 2 atom stereocenters. The van der Waals surface area contributed by atoms with Crippen molar-refractivity contribution >= 4 is 52.6 Å². The number of imide groups is 1. The van der Waals surface area contributed by atoms with Gasteiger partial charge in [0, 0.05) is 25.3 Å². The highest BCUT2D eigenvalue weighted by atomic mass is 32.2. The number of nitrogens with one attached hydrogen (secondary N) is 1. The predicted octanol–water partition coefficient (Wildman–Crippen LogP) is 2.02.